The van der Waals surface area contributed by atoms with Gasteiger partial charge in [-0.2, -0.15) is 0 Å². The second-order valence-electron chi connectivity index (χ2n) is 6.09. The number of carbonyl (C=O) groups is 2. The number of hydrogen-bond donors (Lipinski definition) is 0. The number of ether oxygens (including phenoxy) is 2. The van der Waals surface area contributed by atoms with Gasteiger partial charge in [0, 0.05) is 19.5 Å². The predicted molar refractivity (Wildman–Crippen MR) is 71.9 cm³/mol. The molecule has 1 amide bonds. The second-order valence-corrected chi connectivity index (χ2v) is 6.09. The molecule has 0 aromatic rings. The van der Waals surface area contributed by atoms with Crippen LogP contribution >= 0.6 is 0 Å². The van der Waals surface area contributed by atoms with Gasteiger partial charge in [0.05, 0.1) is 0 Å². The van der Waals surface area contributed by atoms with Crippen molar-refractivity contribution in [3.8, 4) is 0 Å². The third-order valence-corrected chi connectivity index (χ3v) is 4.64. The molecule has 1 heterocycles. The fraction of sp³-hybridized carbons (Fsp3) is 0.733. The fourth-order valence-corrected chi connectivity index (χ4v) is 3.52. The molecule has 5 heteroatoms. The van der Waals surface area contributed by atoms with Gasteiger partial charge >= 0.3 is 6.16 Å². The van der Waals surface area contributed by atoms with E-state index < -0.39 is 6.16 Å². The highest BCUT2D eigenvalue weighted by molar-refractivity contribution is 5.79. The van der Waals surface area contributed by atoms with Gasteiger partial charge in [0.25, 0.3) is 0 Å². The van der Waals surface area contributed by atoms with Crippen LogP contribution in [0, 0.1) is 17.8 Å². The fourth-order valence-electron chi connectivity index (χ4n) is 3.52. The lowest BCUT2D eigenvalue weighted by Crippen LogP contribution is -2.35. The highest BCUT2D eigenvalue weighted by Crippen LogP contribution is 2.44. The molecule has 3 rings (SSSR count). The van der Waals surface area contributed by atoms with Crippen LogP contribution in [-0.4, -0.2) is 43.3 Å². The van der Waals surface area contributed by atoms with Crippen molar-refractivity contribution in [1.29, 1.82) is 0 Å². The Bertz CT molecular complexity index is 434. The Morgan fingerprint density at radius 3 is 2.85 bits per heavy atom. The maximum Gasteiger partial charge on any atom is 0.508 e. The molecule has 20 heavy (non-hydrogen) atoms. The largest absolute Gasteiger partial charge is 0.508 e. The van der Waals surface area contributed by atoms with E-state index >= 15 is 0 Å². The molecular weight excluding hydrogens is 258 g/mol. The van der Waals surface area contributed by atoms with E-state index in [1.807, 2.05) is 11.9 Å². The minimum Gasteiger partial charge on any atom is -0.430 e. The molecule has 4 unspecified atom stereocenters. The van der Waals surface area contributed by atoms with Gasteiger partial charge in [0.2, 0.25) is 5.91 Å². The molecule has 3 aliphatic rings. The standard InChI is InChI=1S/C15H21NO4/c1-16(6-2-3-12-9-19-15(18)20-12)14(17)13-8-10-4-5-11(13)7-10/h4-5,10-13H,2-3,6-9H2,1H3. The van der Waals surface area contributed by atoms with E-state index in [0.717, 1.165) is 25.7 Å². The molecule has 0 radical (unpaired) electrons. The second kappa shape index (κ2) is 5.46. The summed E-state index contributed by atoms with van der Waals surface area (Å²) in [5, 5.41) is 0. The van der Waals surface area contributed by atoms with Crippen LogP contribution in [0.3, 0.4) is 0 Å². The summed E-state index contributed by atoms with van der Waals surface area (Å²) in [4.78, 5) is 25.0. The molecule has 5 nitrogen and oxygen atoms in total. The summed E-state index contributed by atoms with van der Waals surface area (Å²) >= 11 is 0. The molecule has 1 aliphatic heterocycles. The van der Waals surface area contributed by atoms with Crippen molar-refractivity contribution in [2.75, 3.05) is 20.2 Å². The molecule has 0 spiro atoms. The number of carbonyl (C=O) groups excluding carboxylic acids is 2. The minimum absolute atomic E-state index is 0.142. The van der Waals surface area contributed by atoms with Gasteiger partial charge in [0.1, 0.15) is 12.7 Å². The molecule has 1 saturated carbocycles. The van der Waals surface area contributed by atoms with E-state index in [9.17, 15) is 9.59 Å². The topological polar surface area (TPSA) is 55.8 Å². The molecule has 110 valence electrons. The van der Waals surface area contributed by atoms with Crippen LogP contribution in [0.4, 0.5) is 4.79 Å². The molecule has 0 aromatic heterocycles. The van der Waals surface area contributed by atoms with Crippen molar-refractivity contribution in [3.05, 3.63) is 12.2 Å². The number of nitrogens with zero attached hydrogens (tertiary/aromatic N) is 1. The average Bonchev–Trinajstić information content (AvgIpc) is 3.14. The highest BCUT2D eigenvalue weighted by atomic mass is 16.8. The third kappa shape index (κ3) is 2.67. The van der Waals surface area contributed by atoms with Crippen molar-refractivity contribution in [2.45, 2.75) is 31.8 Å². The number of fused-ring (bicyclic) bond motifs is 2. The van der Waals surface area contributed by atoms with E-state index in [2.05, 4.69) is 12.2 Å². The predicted octanol–water partition coefficient (Wildman–Crippen LogP) is 1.97. The maximum absolute atomic E-state index is 12.4. The Labute approximate surface area is 118 Å². The third-order valence-electron chi connectivity index (χ3n) is 4.64. The van der Waals surface area contributed by atoms with Crippen molar-refractivity contribution < 1.29 is 19.1 Å². The molecule has 0 N–H and O–H groups in total. The van der Waals surface area contributed by atoms with Crippen molar-refractivity contribution >= 4 is 12.1 Å². The van der Waals surface area contributed by atoms with Crippen LogP contribution in [0.1, 0.15) is 25.7 Å². The quantitative estimate of drug-likeness (QED) is 0.570. The van der Waals surface area contributed by atoms with Crippen molar-refractivity contribution in [3.63, 3.8) is 0 Å². The molecule has 2 fully saturated rings. The summed E-state index contributed by atoms with van der Waals surface area (Å²) in [5.41, 5.74) is 0. The number of allylic oxidation sites excluding steroid dienone is 2. The SMILES string of the molecule is CN(CCCC1COC(=O)O1)C(=O)C1CC2C=CC1C2. The summed E-state index contributed by atoms with van der Waals surface area (Å²) in [6.07, 6.45) is 7.49. The molecule has 1 saturated heterocycles. The molecular formula is C15H21NO4. The van der Waals surface area contributed by atoms with Crippen LogP contribution < -0.4 is 0 Å². The number of cyclic esters (lactones) is 2. The zero-order valence-electron chi connectivity index (χ0n) is 11.8. The first kappa shape index (κ1) is 13.5. The van der Waals surface area contributed by atoms with E-state index in [1.165, 1.54) is 0 Å². The number of rotatable bonds is 5. The summed E-state index contributed by atoms with van der Waals surface area (Å²) in [7, 11) is 1.87. The van der Waals surface area contributed by atoms with Crippen molar-refractivity contribution in [1.82, 2.24) is 4.90 Å². The van der Waals surface area contributed by atoms with Gasteiger partial charge in [-0.25, -0.2) is 4.79 Å². The van der Waals surface area contributed by atoms with Gasteiger partial charge in [-0.1, -0.05) is 12.2 Å². The highest BCUT2D eigenvalue weighted by Gasteiger charge is 2.40. The zero-order chi connectivity index (χ0) is 14.1. The molecule has 2 bridgehead atoms. The summed E-state index contributed by atoms with van der Waals surface area (Å²) in [6.45, 7) is 1.05. The van der Waals surface area contributed by atoms with Gasteiger partial charge < -0.3 is 14.4 Å². The van der Waals surface area contributed by atoms with Crippen LogP contribution in [0.5, 0.6) is 0 Å². The van der Waals surface area contributed by atoms with Gasteiger partial charge in [-0.3, -0.25) is 4.79 Å². The first-order valence-corrected chi connectivity index (χ1v) is 7.40. The van der Waals surface area contributed by atoms with Gasteiger partial charge in [-0.05, 0) is 37.5 Å². The van der Waals surface area contributed by atoms with Crippen LogP contribution in [0.15, 0.2) is 12.2 Å². The summed E-state index contributed by atoms with van der Waals surface area (Å²) < 4.78 is 9.71. The Balaban J connectivity index is 1.40. The first-order chi connectivity index (χ1) is 9.63. The van der Waals surface area contributed by atoms with E-state index in [0.29, 0.717) is 25.0 Å². The minimum atomic E-state index is -0.576. The van der Waals surface area contributed by atoms with Crippen LogP contribution in [0.2, 0.25) is 0 Å². The average molecular weight is 279 g/mol. The lowest BCUT2D eigenvalue weighted by molar-refractivity contribution is -0.135. The summed E-state index contributed by atoms with van der Waals surface area (Å²) in [6, 6.07) is 0. The molecule has 0 aromatic carbocycles. The van der Waals surface area contributed by atoms with E-state index in [-0.39, 0.29) is 17.9 Å². The van der Waals surface area contributed by atoms with Crippen LogP contribution in [-0.2, 0) is 14.3 Å². The van der Waals surface area contributed by atoms with Crippen LogP contribution in [0.25, 0.3) is 0 Å². The van der Waals surface area contributed by atoms with E-state index in [4.69, 9.17) is 9.47 Å². The Morgan fingerprint density at radius 1 is 1.40 bits per heavy atom. The molecule has 2 aliphatic carbocycles. The van der Waals surface area contributed by atoms with Gasteiger partial charge in [-0.15, -0.1) is 0 Å². The Morgan fingerprint density at radius 2 is 2.25 bits per heavy atom. The monoisotopic (exact) mass is 279 g/mol. The van der Waals surface area contributed by atoms with E-state index in [1.54, 1.807) is 0 Å². The zero-order valence-corrected chi connectivity index (χ0v) is 11.8. The smallest absolute Gasteiger partial charge is 0.430 e. The summed E-state index contributed by atoms with van der Waals surface area (Å²) in [5.74, 6) is 1.53. The maximum atomic E-state index is 12.4. The number of hydrogen-bond acceptors (Lipinski definition) is 4. The Hall–Kier alpha value is -1.52. The lowest BCUT2D eigenvalue weighted by atomic mass is 9.92. The number of amides is 1. The Kier molecular flexibility index (Phi) is 3.68. The van der Waals surface area contributed by atoms with Crippen molar-refractivity contribution in [2.24, 2.45) is 17.8 Å². The first-order valence-electron chi connectivity index (χ1n) is 7.40. The molecule has 4 atom stereocenters. The lowest BCUT2D eigenvalue weighted by Gasteiger charge is -2.25. The van der Waals surface area contributed by atoms with Gasteiger partial charge in [0.15, 0.2) is 0 Å². The normalized spacial score (nSPS) is 34.1.